The lowest BCUT2D eigenvalue weighted by Gasteiger charge is -2.09. The molecule has 2 aromatic carbocycles. The Bertz CT molecular complexity index is 683. The third-order valence-electron chi connectivity index (χ3n) is 3.37. The van der Waals surface area contributed by atoms with Gasteiger partial charge in [0.15, 0.2) is 0 Å². The molecule has 0 heterocycles. The Kier molecular flexibility index (Phi) is 6.31. The van der Waals surface area contributed by atoms with Gasteiger partial charge in [-0.05, 0) is 30.7 Å². The van der Waals surface area contributed by atoms with Gasteiger partial charge in [0.2, 0.25) is 0 Å². The number of hydrogen-bond acceptors (Lipinski definition) is 2. The van der Waals surface area contributed by atoms with E-state index in [1.165, 1.54) is 17.8 Å². The van der Waals surface area contributed by atoms with Crippen LogP contribution in [0.4, 0.5) is 13.2 Å². The number of thioether (sulfide) groups is 1. The molecule has 0 saturated carbocycles. The zero-order valence-electron chi connectivity index (χ0n) is 13.2. The van der Waals surface area contributed by atoms with Gasteiger partial charge in [0, 0.05) is 23.6 Å². The fourth-order valence-electron chi connectivity index (χ4n) is 2.07. The molecule has 1 N–H and O–H groups in total. The fraction of sp³-hybridized carbons (Fsp3) is 0.278. The quantitative estimate of drug-likeness (QED) is 0.764. The predicted octanol–water partition coefficient (Wildman–Crippen LogP) is 4.68. The molecule has 0 aliphatic heterocycles. The summed E-state index contributed by atoms with van der Waals surface area (Å²) in [7, 11) is 0. The van der Waals surface area contributed by atoms with E-state index in [0.717, 1.165) is 17.7 Å². The van der Waals surface area contributed by atoms with Crippen molar-refractivity contribution in [3.63, 3.8) is 0 Å². The van der Waals surface area contributed by atoms with Crippen molar-refractivity contribution < 1.29 is 18.0 Å². The summed E-state index contributed by atoms with van der Waals surface area (Å²) in [4.78, 5) is 11.9. The maximum absolute atomic E-state index is 12.6. The van der Waals surface area contributed by atoms with Gasteiger partial charge in [-0.2, -0.15) is 24.9 Å². The minimum Gasteiger partial charge on any atom is -0.351 e. The number of carbonyl (C=O) groups excluding carboxylic acids is 1. The summed E-state index contributed by atoms with van der Waals surface area (Å²) in [6.45, 7) is 2.42. The van der Waals surface area contributed by atoms with E-state index in [1.54, 1.807) is 18.2 Å². The monoisotopic (exact) mass is 353 g/mol. The normalized spacial score (nSPS) is 11.3. The third kappa shape index (κ3) is 5.60. The third-order valence-corrected chi connectivity index (χ3v) is 4.40. The number of halogens is 3. The van der Waals surface area contributed by atoms with Crippen LogP contribution in [-0.4, -0.2) is 18.2 Å². The SMILES string of the molecule is Cc1ccc(C(=O)NCCSCc2cccc(C(F)(F)F)c2)cc1. The molecule has 0 fully saturated rings. The second-order valence-corrected chi connectivity index (χ2v) is 6.48. The van der Waals surface area contributed by atoms with Crippen LogP contribution >= 0.6 is 11.8 Å². The number of nitrogens with one attached hydrogen (secondary N) is 1. The Balaban J connectivity index is 1.73. The fourth-order valence-corrected chi connectivity index (χ4v) is 2.88. The van der Waals surface area contributed by atoms with Crippen molar-refractivity contribution >= 4 is 17.7 Å². The molecule has 2 rings (SSSR count). The molecule has 0 saturated heterocycles. The van der Waals surface area contributed by atoms with E-state index in [4.69, 9.17) is 0 Å². The molecule has 0 unspecified atom stereocenters. The van der Waals surface area contributed by atoms with E-state index in [9.17, 15) is 18.0 Å². The van der Waals surface area contributed by atoms with Crippen molar-refractivity contribution in [1.29, 1.82) is 0 Å². The molecule has 128 valence electrons. The van der Waals surface area contributed by atoms with Gasteiger partial charge in [0.05, 0.1) is 5.56 Å². The highest BCUT2D eigenvalue weighted by Gasteiger charge is 2.30. The van der Waals surface area contributed by atoms with Crippen molar-refractivity contribution in [2.24, 2.45) is 0 Å². The van der Waals surface area contributed by atoms with Crippen molar-refractivity contribution in [3.8, 4) is 0 Å². The van der Waals surface area contributed by atoms with Crippen molar-refractivity contribution in [1.82, 2.24) is 5.32 Å². The Morgan fingerprint density at radius 3 is 2.50 bits per heavy atom. The van der Waals surface area contributed by atoms with Crippen LogP contribution in [0.15, 0.2) is 48.5 Å². The van der Waals surface area contributed by atoms with Crippen LogP contribution in [0.3, 0.4) is 0 Å². The van der Waals surface area contributed by atoms with Gasteiger partial charge in [-0.1, -0.05) is 35.9 Å². The number of amides is 1. The van der Waals surface area contributed by atoms with Crippen LogP contribution in [0.1, 0.15) is 27.0 Å². The smallest absolute Gasteiger partial charge is 0.351 e. The second kappa shape index (κ2) is 8.24. The highest BCUT2D eigenvalue weighted by atomic mass is 32.2. The zero-order chi connectivity index (χ0) is 17.6. The summed E-state index contributed by atoms with van der Waals surface area (Å²) in [6, 6.07) is 12.6. The van der Waals surface area contributed by atoms with Gasteiger partial charge in [-0.15, -0.1) is 0 Å². The molecule has 1 amide bonds. The summed E-state index contributed by atoms with van der Waals surface area (Å²) in [5.74, 6) is 0.965. The van der Waals surface area contributed by atoms with Crippen molar-refractivity contribution in [3.05, 3.63) is 70.8 Å². The van der Waals surface area contributed by atoms with E-state index in [2.05, 4.69) is 5.32 Å². The Hall–Kier alpha value is -1.95. The number of hydrogen-bond donors (Lipinski definition) is 1. The summed E-state index contributed by atoms with van der Waals surface area (Å²) in [5.41, 5.74) is 1.68. The zero-order valence-corrected chi connectivity index (χ0v) is 14.0. The molecule has 0 aromatic heterocycles. The van der Waals surface area contributed by atoms with Crippen LogP contribution in [0, 0.1) is 6.92 Å². The molecule has 0 spiro atoms. The first-order chi connectivity index (χ1) is 11.4. The molecule has 0 aliphatic rings. The van der Waals surface area contributed by atoms with E-state index in [-0.39, 0.29) is 5.91 Å². The van der Waals surface area contributed by atoms with Crippen LogP contribution in [-0.2, 0) is 11.9 Å². The maximum atomic E-state index is 12.6. The van der Waals surface area contributed by atoms with E-state index in [1.807, 2.05) is 19.1 Å². The lowest BCUT2D eigenvalue weighted by Crippen LogP contribution is -2.25. The first-order valence-electron chi connectivity index (χ1n) is 7.45. The standard InChI is InChI=1S/C18H18F3NOS/c1-13-5-7-15(8-6-13)17(23)22-9-10-24-12-14-3-2-4-16(11-14)18(19,20)21/h2-8,11H,9-10,12H2,1H3,(H,22,23). The molecule has 0 atom stereocenters. The largest absolute Gasteiger partial charge is 0.416 e. The number of alkyl halides is 3. The van der Waals surface area contributed by atoms with Crippen LogP contribution < -0.4 is 5.32 Å². The molecular weight excluding hydrogens is 335 g/mol. The summed E-state index contributed by atoms with van der Waals surface area (Å²) in [6.07, 6.45) is -4.32. The number of benzene rings is 2. The van der Waals surface area contributed by atoms with Gasteiger partial charge in [0.1, 0.15) is 0 Å². The average molecular weight is 353 g/mol. The highest BCUT2D eigenvalue weighted by molar-refractivity contribution is 7.98. The average Bonchev–Trinajstić information content (AvgIpc) is 2.54. The first-order valence-corrected chi connectivity index (χ1v) is 8.60. The Labute approximate surface area is 143 Å². The molecule has 0 radical (unpaired) electrons. The number of rotatable bonds is 6. The van der Waals surface area contributed by atoms with Gasteiger partial charge in [-0.25, -0.2) is 0 Å². The Morgan fingerprint density at radius 1 is 1.12 bits per heavy atom. The lowest BCUT2D eigenvalue weighted by atomic mass is 10.1. The topological polar surface area (TPSA) is 29.1 Å². The molecule has 24 heavy (non-hydrogen) atoms. The minimum atomic E-state index is -4.32. The Morgan fingerprint density at radius 2 is 1.83 bits per heavy atom. The maximum Gasteiger partial charge on any atom is 0.416 e. The van der Waals surface area contributed by atoms with Crippen LogP contribution in [0.2, 0.25) is 0 Å². The van der Waals surface area contributed by atoms with E-state index in [0.29, 0.717) is 29.2 Å². The van der Waals surface area contributed by atoms with E-state index >= 15 is 0 Å². The number of carbonyl (C=O) groups is 1. The molecule has 6 heteroatoms. The molecule has 0 bridgehead atoms. The highest BCUT2D eigenvalue weighted by Crippen LogP contribution is 2.30. The molecule has 2 aromatic rings. The van der Waals surface area contributed by atoms with Crippen molar-refractivity contribution in [2.75, 3.05) is 12.3 Å². The summed E-state index contributed by atoms with van der Waals surface area (Å²) in [5, 5.41) is 2.80. The molecule has 0 aliphatic carbocycles. The lowest BCUT2D eigenvalue weighted by molar-refractivity contribution is -0.137. The first kappa shape index (κ1) is 18.4. The second-order valence-electron chi connectivity index (χ2n) is 5.37. The molecule has 2 nitrogen and oxygen atoms in total. The van der Waals surface area contributed by atoms with Gasteiger partial charge in [0.25, 0.3) is 5.91 Å². The van der Waals surface area contributed by atoms with Gasteiger partial charge < -0.3 is 5.32 Å². The van der Waals surface area contributed by atoms with Crippen LogP contribution in [0.5, 0.6) is 0 Å². The predicted molar refractivity (Wildman–Crippen MR) is 91.1 cm³/mol. The van der Waals surface area contributed by atoms with Gasteiger partial charge >= 0.3 is 6.18 Å². The van der Waals surface area contributed by atoms with E-state index < -0.39 is 11.7 Å². The van der Waals surface area contributed by atoms with Gasteiger partial charge in [-0.3, -0.25) is 4.79 Å². The summed E-state index contributed by atoms with van der Waals surface area (Å²) >= 11 is 1.48. The molecular formula is C18H18F3NOS. The minimum absolute atomic E-state index is 0.144. The summed E-state index contributed by atoms with van der Waals surface area (Å²) < 4.78 is 37.9. The number of aryl methyl sites for hydroxylation is 1. The van der Waals surface area contributed by atoms with Crippen LogP contribution in [0.25, 0.3) is 0 Å². The van der Waals surface area contributed by atoms with Crippen molar-refractivity contribution in [2.45, 2.75) is 18.9 Å².